The molecule has 0 aliphatic heterocycles. The number of ether oxygens (including phenoxy) is 1. The lowest BCUT2D eigenvalue weighted by atomic mass is 10.3. The van der Waals surface area contributed by atoms with E-state index in [0.717, 1.165) is 6.07 Å². The molecule has 0 unspecified atom stereocenters. The number of hydrogen-bond donors (Lipinski definition) is 2. The fourth-order valence-corrected chi connectivity index (χ4v) is 1.90. The Morgan fingerprint density at radius 2 is 2.19 bits per heavy atom. The summed E-state index contributed by atoms with van der Waals surface area (Å²) in [5.74, 6) is 4.56. The molecule has 0 saturated carbocycles. The zero-order chi connectivity index (χ0) is 15.6. The SMILES string of the molecule is Cc1nc(NN)nc(Oc2ccc(F)c(Br)c2)c1[N+](=O)[O-]. The molecule has 0 saturated heterocycles. The molecule has 8 nitrogen and oxygen atoms in total. The normalized spacial score (nSPS) is 10.3. The summed E-state index contributed by atoms with van der Waals surface area (Å²) >= 11 is 3.00. The molecule has 110 valence electrons. The van der Waals surface area contributed by atoms with Gasteiger partial charge in [-0.1, -0.05) is 0 Å². The molecular weight excluding hydrogens is 349 g/mol. The van der Waals surface area contributed by atoms with E-state index in [1.807, 2.05) is 0 Å². The maximum atomic E-state index is 13.2. The molecule has 21 heavy (non-hydrogen) atoms. The second-order valence-corrected chi connectivity index (χ2v) is 4.72. The number of anilines is 1. The number of aromatic nitrogens is 2. The highest BCUT2D eigenvalue weighted by Gasteiger charge is 2.24. The standard InChI is InChI=1S/C11H9BrFN5O3/c1-5-9(18(19)20)10(16-11(15-5)17-14)21-6-2-3-8(13)7(12)4-6/h2-4H,14H2,1H3,(H,15,16,17). The van der Waals surface area contributed by atoms with E-state index in [1.165, 1.54) is 19.1 Å². The van der Waals surface area contributed by atoms with Crippen molar-refractivity contribution >= 4 is 27.6 Å². The molecule has 1 aromatic heterocycles. The summed E-state index contributed by atoms with van der Waals surface area (Å²) in [6.07, 6.45) is 0. The van der Waals surface area contributed by atoms with Gasteiger partial charge in [-0.3, -0.25) is 15.5 Å². The first-order valence-corrected chi connectivity index (χ1v) is 6.34. The number of rotatable bonds is 4. The van der Waals surface area contributed by atoms with Crippen molar-refractivity contribution in [3.8, 4) is 11.6 Å². The fourth-order valence-electron chi connectivity index (χ4n) is 1.54. The van der Waals surface area contributed by atoms with Crippen molar-refractivity contribution < 1.29 is 14.1 Å². The van der Waals surface area contributed by atoms with Crippen molar-refractivity contribution in [3.63, 3.8) is 0 Å². The molecule has 0 radical (unpaired) electrons. The van der Waals surface area contributed by atoms with E-state index in [-0.39, 0.29) is 27.7 Å². The Labute approximate surface area is 126 Å². The van der Waals surface area contributed by atoms with Crippen molar-refractivity contribution in [3.05, 3.63) is 44.3 Å². The van der Waals surface area contributed by atoms with Gasteiger partial charge in [0.1, 0.15) is 17.3 Å². The summed E-state index contributed by atoms with van der Waals surface area (Å²) < 4.78 is 18.7. The Morgan fingerprint density at radius 3 is 2.76 bits per heavy atom. The van der Waals surface area contributed by atoms with Gasteiger partial charge in [0.15, 0.2) is 0 Å². The molecular formula is C11H9BrFN5O3. The summed E-state index contributed by atoms with van der Waals surface area (Å²) in [4.78, 5) is 18.0. The number of hydrogen-bond acceptors (Lipinski definition) is 7. The Bertz CT molecular complexity index is 712. The Balaban J connectivity index is 2.48. The zero-order valence-corrected chi connectivity index (χ0v) is 12.2. The minimum atomic E-state index is -0.663. The van der Waals surface area contributed by atoms with Gasteiger partial charge in [0.2, 0.25) is 5.95 Å². The molecule has 0 bridgehead atoms. The van der Waals surface area contributed by atoms with Gasteiger partial charge < -0.3 is 4.74 Å². The van der Waals surface area contributed by atoms with Crippen LogP contribution < -0.4 is 16.0 Å². The highest BCUT2D eigenvalue weighted by Crippen LogP contribution is 2.33. The van der Waals surface area contributed by atoms with Gasteiger partial charge in [-0.15, -0.1) is 0 Å². The van der Waals surface area contributed by atoms with E-state index < -0.39 is 16.4 Å². The van der Waals surface area contributed by atoms with Gasteiger partial charge in [0, 0.05) is 0 Å². The average Bonchev–Trinajstić information content (AvgIpc) is 2.41. The Kier molecular flexibility index (Phi) is 4.29. The third kappa shape index (κ3) is 3.23. The molecule has 0 atom stereocenters. The third-order valence-corrected chi connectivity index (χ3v) is 3.05. The minimum absolute atomic E-state index is 0.0331. The Morgan fingerprint density at radius 1 is 1.48 bits per heavy atom. The number of nitrogen functional groups attached to an aromatic ring is 1. The van der Waals surface area contributed by atoms with Crippen LogP contribution in [0.4, 0.5) is 16.0 Å². The van der Waals surface area contributed by atoms with Crippen molar-refractivity contribution in [1.29, 1.82) is 0 Å². The number of nitrogens with two attached hydrogens (primary N) is 1. The first kappa shape index (κ1) is 15.1. The second-order valence-electron chi connectivity index (χ2n) is 3.87. The highest BCUT2D eigenvalue weighted by molar-refractivity contribution is 9.10. The summed E-state index contributed by atoms with van der Waals surface area (Å²) in [7, 11) is 0. The van der Waals surface area contributed by atoms with Gasteiger partial charge >= 0.3 is 11.6 Å². The predicted octanol–water partition coefficient (Wildman–Crippen LogP) is 2.67. The van der Waals surface area contributed by atoms with Crippen LogP contribution in [0.1, 0.15) is 5.69 Å². The van der Waals surface area contributed by atoms with Gasteiger partial charge in [-0.05, 0) is 41.1 Å². The van der Waals surface area contributed by atoms with Crippen LogP contribution in [0.5, 0.6) is 11.6 Å². The van der Waals surface area contributed by atoms with E-state index in [9.17, 15) is 14.5 Å². The molecule has 1 aromatic carbocycles. The topological polar surface area (TPSA) is 116 Å². The average molecular weight is 358 g/mol. The lowest BCUT2D eigenvalue weighted by Crippen LogP contribution is -2.12. The van der Waals surface area contributed by atoms with Gasteiger partial charge in [-0.25, -0.2) is 15.2 Å². The summed E-state index contributed by atoms with van der Waals surface area (Å²) in [6.45, 7) is 1.42. The molecule has 3 N–H and O–H groups in total. The number of benzene rings is 1. The van der Waals surface area contributed by atoms with E-state index >= 15 is 0 Å². The Hall–Kier alpha value is -2.33. The van der Waals surface area contributed by atoms with Crippen LogP contribution in [0.2, 0.25) is 0 Å². The van der Waals surface area contributed by atoms with Gasteiger partial charge in [0.05, 0.1) is 9.40 Å². The number of hydrazine groups is 1. The van der Waals surface area contributed by atoms with E-state index in [4.69, 9.17) is 10.6 Å². The molecule has 2 aromatic rings. The minimum Gasteiger partial charge on any atom is -0.434 e. The lowest BCUT2D eigenvalue weighted by Gasteiger charge is -2.08. The molecule has 1 heterocycles. The zero-order valence-electron chi connectivity index (χ0n) is 10.6. The second kappa shape index (κ2) is 5.97. The van der Waals surface area contributed by atoms with Crippen molar-refractivity contribution in [2.75, 3.05) is 5.43 Å². The van der Waals surface area contributed by atoms with Crippen LogP contribution in [0.3, 0.4) is 0 Å². The number of nitro groups is 1. The van der Waals surface area contributed by atoms with Crippen LogP contribution in [0, 0.1) is 22.9 Å². The summed E-state index contributed by atoms with van der Waals surface area (Å²) in [6, 6.07) is 3.80. The molecule has 2 rings (SSSR count). The summed E-state index contributed by atoms with van der Waals surface area (Å²) in [5.41, 5.74) is 1.88. The first-order chi connectivity index (χ1) is 9.92. The maximum absolute atomic E-state index is 13.2. The van der Waals surface area contributed by atoms with Gasteiger partial charge in [-0.2, -0.15) is 4.98 Å². The molecule has 0 spiro atoms. The van der Waals surface area contributed by atoms with Crippen molar-refractivity contribution in [2.45, 2.75) is 6.92 Å². The molecule has 0 amide bonds. The monoisotopic (exact) mass is 357 g/mol. The first-order valence-electron chi connectivity index (χ1n) is 5.55. The predicted molar refractivity (Wildman–Crippen MR) is 75.4 cm³/mol. The number of aryl methyl sites for hydroxylation is 1. The van der Waals surface area contributed by atoms with Gasteiger partial charge in [0.25, 0.3) is 0 Å². The van der Waals surface area contributed by atoms with Crippen LogP contribution in [-0.4, -0.2) is 14.9 Å². The molecule has 10 heteroatoms. The third-order valence-electron chi connectivity index (χ3n) is 2.44. The van der Waals surface area contributed by atoms with E-state index in [1.54, 1.807) is 0 Å². The van der Waals surface area contributed by atoms with Crippen LogP contribution in [0.15, 0.2) is 22.7 Å². The van der Waals surface area contributed by atoms with Crippen molar-refractivity contribution in [1.82, 2.24) is 9.97 Å². The number of nitrogens with one attached hydrogen (secondary N) is 1. The number of nitrogens with zero attached hydrogens (tertiary/aromatic N) is 3. The quantitative estimate of drug-likeness (QED) is 0.490. The molecule has 0 fully saturated rings. The van der Waals surface area contributed by atoms with E-state index in [2.05, 4.69) is 31.3 Å². The summed E-state index contributed by atoms with van der Waals surface area (Å²) in [5, 5.41) is 11.1. The van der Waals surface area contributed by atoms with Crippen LogP contribution in [0.25, 0.3) is 0 Å². The largest absolute Gasteiger partial charge is 0.434 e. The highest BCUT2D eigenvalue weighted by atomic mass is 79.9. The fraction of sp³-hybridized carbons (Fsp3) is 0.0909. The lowest BCUT2D eigenvalue weighted by molar-refractivity contribution is -0.386. The van der Waals surface area contributed by atoms with Crippen LogP contribution >= 0.6 is 15.9 Å². The molecule has 0 aliphatic carbocycles. The van der Waals surface area contributed by atoms with Crippen LogP contribution in [-0.2, 0) is 0 Å². The maximum Gasteiger partial charge on any atom is 0.352 e. The van der Waals surface area contributed by atoms with E-state index in [0.29, 0.717) is 0 Å². The molecule has 0 aliphatic rings. The van der Waals surface area contributed by atoms with Crippen molar-refractivity contribution in [2.24, 2.45) is 5.84 Å². The smallest absolute Gasteiger partial charge is 0.352 e. The number of halogens is 2.